The zero-order valence-electron chi connectivity index (χ0n) is 20.6. The Balaban J connectivity index is -0.000000401. The van der Waals surface area contributed by atoms with E-state index in [0.29, 0.717) is 13.0 Å². The van der Waals surface area contributed by atoms with Gasteiger partial charge in [0.1, 0.15) is 6.79 Å². The highest BCUT2D eigenvalue weighted by atomic mass is 16.3. The van der Waals surface area contributed by atoms with Crippen molar-refractivity contribution in [2.75, 3.05) is 20.1 Å². The molecule has 1 aliphatic rings. The fourth-order valence-electron chi connectivity index (χ4n) is 2.46. The van der Waals surface area contributed by atoms with Crippen molar-refractivity contribution in [2.24, 2.45) is 17.1 Å². The molecule has 0 radical (unpaired) electrons. The van der Waals surface area contributed by atoms with Crippen LogP contribution >= 0.6 is 0 Å². The van der Waals surface area contributed by atoms with E-state index < -0.39 is 0 Å². The summed E-state index contributed by atoms with van der Waals surface area (Å²) in [4.78, 5) is 21.4. The number of β-amino-alcohol motifs (C(OH)–C–C–N with tert-alkyl or cyclic N) is 1. The van der Waals surface area contributed by atoms with Gasteiger partial charge in [-0.05, 0) is 50.4 Å². The second-order valence-corrected chi connectivity index (χ2v) is 8.49. The van der Waals surface area contributed by atoms with Crippen LogP contribution in [0.15, 0.2) is 24.3 Å². The fraction of sp³-hybridized carbons (Fsp3) is 0.583. The van der Waals surface area contributed by atoms with Gasteiger partial charge in [-0.15, -0.1) is 6.42 Å². The molecule has 8 heteroatoms. The summed E-state index contributed by atoms with van der Waals surface area (Å²) in [6.45, 7) is 13.7. The van der Waals surface area contributed by atoms with Crippen LogP contribution in [0.5, 0.6) is 0 Å². The van der Waals surface area contributed by atoms with Crippen LogP contribution in [0, 0.1) is 17.8 Å². The fourth-order valence-corrected chi connectivity index (χ4v) is 2.46. The number of likely N-dealkylation sites (tertiary alicyclic amines) is 1. The average Bonchev–Trinajstić information content (AvgIpc) is 3.17. The highest BCUT2D eigenvalue weighted by molar-refractivity contribution is 5.77. The Labute approximate surface area is 194 Å². The number of nitrogens with two attached hydrogens (primary N) is 2. The number of hydrogen-bond donors (Lipinski definition) is 5. The minimum Gasteiger partial charge on any atom is -0.394 e. The normalized spacial score (nSPS) is 14.2. The number of hydrogen-bond acceptors (Lipinski definition) is 7. The maximum atomic E-state index is 11.6. The molecule has 1 fully saturated rings. The highest BCUT2D eigenvalue weighted by Gasteiger charge is 2.27. The Bertz CT molecular complexity index is 620. The SMILES string of the molecule is C#Cc1ccc(CNC)cc1.C=O.CC(C)(C)CC(=O)N1CCC(O)C1.CC(C)O.NN. The van der Waals surface area contributed by atoms with E-state index in [1.165, 1.54) is 5.56 Å². The van der Waals surface area contributed by atoms with Crippen molar-refractivity contribution in [3.63, 3.8) is 0 Å². The Morgan fingerprint density at radius 2 is 1.75 bits per heavy atom. The lowest BCUT2D eigenvalue weighted by atomic mass is 9.92. The molecule has 0 bridgehead atoms. The molecule has 7 N–H and O–H groups in total. The number of aliphatic hydroxyl groups is 2. The summed E-state index contributed by atoms with van der Waals surface area (Å²) >= 11 is 0. The van der Waals surface area contributed by atoms with E-state index in [0.717, 1.165) is 25.1 Å². The number of hydrazine groups is 1. The molecule has 1 amide bonds. The summed E-state index contributed by atoms with van der Waals surface area (Å²) in [7, 11) is 1.93. The summed E-state index contributed by atoms with van der Waals surface area (Å²) in [5.41, 5.74) is 2.24. The molecule has 32 heavy (non-hydrogen) atoms. The molecular formula is C24H44N4O4. The van der Waals surface area contributed by atoms with E-state index in [9.17, 15) is 9.90 Å². The number of rotatable bonds is 3. The smallest absolute Gasteiger partial charge is 0.223 e. The first-order valence-electron chi connectivity index (χ1n) is 10.4. The molecule has 1 aromatic carbocycles. The van der Waals surface area contributed by atoms with E-state index in [4.69, 9.17) is 16.3 Å². The largest absolute Gasteiger partial charge is 0.394 e. The van der Waals surface area contributed by atoms with Gasteiger partial charge in [-0.3, -0.25) is 16.5 Å². The third kappa shape index (κ3) is 21.0. The second-order valence-electron chi connectivity index (χ2n) is 8.49. The van der Waals surface area contributed by atoms with Gasteiger partial charge in [0, 0.05) is 37.7 Å². The lowest BCUT2D eigenvalue weighted by molar-refractivity contribution is -0.132. The average molecular weight is 453 g/mol. The number of terminal acetylenes is 1. The number of nitrogens with zero attached hydrogens (tertiary/aromatic N) is 1. The first-order valence-corrected chi connectivity index (χ1v) is 10.4. The summed E-state index contributed by atoms with van der Waals surface area (Å²) in [5.74, 6) is 10.7. The predicted molar refractivity (Wildman–Crippen MR) is 131 cm³/mol. The second kappa shape index (κ2) is 20.6. The quantitative estimate of drug-likeness (QED) is 0.265. The zero-order valence-corrected chi connectivity index (χ0v) is 20.6. The molecule has 0 spiro atoms. The number of carbonyl (C=O) groups excluding carboxylic acids is 2. The van der Waals surface area contributed by atoms with Gasteiger partial charge in [-0.1, -0.05) is 38.8 Å². The first-order chi connectivity index (χ1) is 15.0. The molecule has 184 valence electrons. The van der Waals surface area contributed by atoms with Crippen LogP contribution < -0.4 is 17.0 Å². The first kappa shape index (κ1) is 34.3. The molecule has 0 aromatic heterocycles. The van der Waals surface area contributed by atoms with Gasteiger partial charge in [-0.2, -0.15) is 0 Å². The molecule has 1 heterocycles. The van der Waals surface area contributed by atoms with Gasteiger partial charge >= 0.3 is 0 Å². The number of nitrogens with one attached hydrogen (secondary N) is 1. The van der Waals surface area contributed by atoms with Crippen LogP contribution in [-0.2, 0) is 16.1 Å². The molecular weight excluding hydrogens is 408 g/mol. The molecule has 8 nitrogen and oxygen atoms in total. The molecule has 2 rings (SSSR count). The van der Waals surface area contributed by atoms with Crippen LogP contribution in [0.1, 0.15) is 58.6 Å². The van der Waals surface area contributed by atoms with E-state index in [1.54, 1.807) is 18.7 Å². The van der Waals surface area contributed by atoms with Crippen molar-refractivity contribution >= 4 is 12.7 Å². The lowest BCUT2D eigenvalue weighted by Crippen LogP contribution is -2.32. The number of amides is 1. The molecule has 1 atom stereocenters. The number of aliphatic hydroxyl groups excluding tert-OH is 2. The van der Waals surface area contributed by atoms with Crippen molar-refractivity contribution in [1.82, 2.24) is 10.2 Å². The Morgan fingerprint density at radius 1 is 1.28 bits per heavy atom. The molecule has 0 aliphatic carbocycles. The molecule has 1 aliphatic heterocycles. The van der Waals surface area contributed by atoms with E-state index in [2.05, 4.69) is 43.7 Å². The van der Waals surface area contributed by atoms with Gasteiger partial charge in [-0.25, -0.2) is 0 Å². The van der Waals surface area contributed by atoms with Crippen molar-refractivity contribution in [3.05, 3.63) is 35.4 Å². The summed E-state index contributed by atoms with van der Waals surface area (Å²) in [6.07, 6.45) is 6.04. The van der Waals surface area contributed by atoms with Crippen LogP contribution in [-0.4, -0.2) is 60.2 Å². The van der Waals surface area contributed by atoms with Gasteiger partial charge in [0.15, 0.2) is 0 Å². The van der Waals surface area contributed by atoms with Crippen LogP contribution in [0.2, 0.25) is 0 Å². The van der Waals surface area contributed by atoms with Crippen molar-refractivity contribution < 1.29 is 19.8 Å². The summed E-state index contributed by atoms with van der Waals surface area (Å²) < 4.78 is 0. The van der Waals surface area contributed by atoms with Crippen molar-refractivity contribution in [2.45, 2.75) is 66.2 Å². The maximum Gasteiger partial charge on any atom is 0.223 e. The predicted octanol–water partition coefficient (Wildman–Crippen LogP) is 1.42. The molecule has 0 saturated carbocycles. The maximum absolute atomic E-state index is 11.6. The van der Waals surface area contributed by atoms with Crippen molar-refractivity contribution in [1.29, 1.82) is 0 Å². The Morgan fingerprint density at radius 3 is 2.06 bits per heavy atom. The van der Waals surface area contributed by atoms with Gasteiger partial charge < -0.3 is 25.2 Å². The number of benzene rings is 1. The minimum atomic E-state index is -0.302. The standard InChI is InChI=1S/C10H19NO2.C10H11N.C3H8O.CH2O.H4N2/c1-10(2,3)6-9(13)11-5-4-8(12)7-11;1-3-9-4-6-10(7-5-9)8-11-2;1-3(2)4;2*1-2/h8,12H,4-7H2,1-3H3;1,4-7,11H,8H2,2H3;3-4H,1-2H3;1H2;1-2H2. The Kier molecular flexibility index (Phi) is 22.1. The van der Waals surface area contributed by atoms with Crippen LogP contribution in [0.4, 0.5) is 0 Å². The van der Waals surface area contributed by atoms with Gasteiger partial charge in [0.25, 0.3) is 0 Å². The third-order valence-electron chi connectivity index (χ3n) is 3.70. The molecule has 1 saturated heterocycles. The molecule has 1 unspecified atom stereocenters. The van der Waals surface area contributed by atoms with Gasteiger partial charge in [0.05, 0.1) is 6.10 Å². The summed E-state index contributed by atoms with van der Waals surface area (Å²) in [5, 5.41) is 20.4. The zero-order chi connectivity index (χ0) is 25.7. The van der Waals surface area contributed by atoms with Crippen molar-refractivity contribution in [3.8, 4) is 12.3 Å². The number of carbonyl (C=O) groups is 2. The molecule has 1 aromatic rings. The van der Waals surface area contributed by atoms with E-state index in [-0.39, 0.29) is 23.5 Å². The van der Waals surface area contributed by atoms with Crippen LogP contribution in [0.25, 0.3) is 0 Å². The van der Waals surface area contributed by atoms with E-state index >= 15 is 0 Å². The highest BCUT2D eigenvalue weighted by Crippen LogP contribution is 2.21. The minimum absolute atomic E-state index is 0.0463. The lowest BCUT2D eigenvalue weighted by Gasteiger charge is -2.22. The monoisotopic (exact) mass is 452 g/mol. The topological polar surface area (TPSA) is 142 Å². The Hall–Kier alpha value is -2.28. The third-order valence-corrected chi connectivity index (χ3v) is 3.70. The van der Waals surface area contributed by atoms with Gasteiger partial charge in [0.2, 0.25) is 5.91 Å². The van der Waals surface area contributed by atoms with Crippen LogP contribution in [0.3, 0.4) is 0 Å². The van der Waals surface area contributed by atoms with E-state index in [1.807, 2.05) is 38.1 Å². The summed E-state index contributed by atoms with van der Waals surface area (Å²) in [6, 6.07) is 7.97.